The zero-order valence-electron chi connectivity index (χ0n) is 10.1. The van der Waals surface area contributed by atoms with E-state index in [1.807, 2.05) is 13.0 Å². The first kappa shape index (κ1) is 12.3. The van der Waals surface area contributed by atoms with E-state index in [4.69, 9.17) is 5.73 Å². The van der Waals surface area contributed by atoms with Gasteiger partial charge in [-0.25, -0.2) is 4.98 Å². The smallest absolute Gasteiger partial charge is 0.0897 e. The lowest BCUT2D eigenvalue weighted by molar-refractivity contribution is 0.628. The van der Waals surface area contributed by atoms with Gasteiger partial charge in [0.05, 0.1) is 10.7 Å². The summed E-state index contributed by atoms with van der Waals surface area (Å²) in [5.74, 6) is 0.443. The fourth-order valence-electron chi connectivity index (χ4n) is 1.99. The molecule has 0 aliphatic rings. The van der Waals surface area contributed by atoms with Gasteiger partial charge in [0.15, 0.2) is 0 Å². The van der Waals surface area contributed by atoms with Gasteiger partial charge in [-0.3, -0.25) is 0 Å². The lowest BCUT2D eigenvalue weighted by Gasteiger charge is -2.14. The summed E-state index contributed by atoms with van der Waals surface area (Å²) in [7, 11) is 0. The minimum absolute atomic E-state index is 0.443. The molecule has 0 aliphatic carbocycles. The average molecular weight is 246 g/mol. The van der Waals surface area contributed by atoms with Crippen molar-refractivity contribution in [1.82, 2.24) is 4.98 Å². The average Bonchev–Trinajstić information content (AvgIpc) is 2.77. The molecule has 0 bridgehead atoms. The maximum atomic E-state index is 5.86. The molecule has 2 rings (SSSR count). The fraction of sp³-hybridized carbons (Fsp3) is 0.357. The molecule has 1 aromatic carbocycles. The number of aromatic nitrogens is 1. The van der Waals surface area contributed by atoms with Crippen LogP contribution in [-0.4, -0.2) is 11.5 Å². The van der Waals surface area contributed by atoms with E-state index in [0.717, 1.165) is 17.8 Å². The Hall–Kier alpha value is -1.19. The van der Waals surface area contributed by atoms with E-state index >= 15 is 0 Å². The Bertz CT molecular complexity index is 450. The maximum absolute atomic E-state index is 5.86. The van der Waals surface area contributed by atoms with E-state index in [1.165, 1.54) is 11.3 Å². The van der Waals surface area contributed by atoms with Gasteiger partial charge in [-0.05, 0) is 37.8 Å². The summed E-state index contributed by atoms with van der Waals surface area (Å²) in [4.78, 5) is 4.49. The van der Waals surface area contributed by atoms with E-state index in [-0.39, 0.29) is 0 Å². The van der Waals surface area contributed by atoms with E-state index in [1.54, 1.807) is 11.3 Å². The van der Waals surface area contributed by atoms with Crippen LogP contribution in [0.1, 0.15) is 28.6 Å². The van der Waals surface area contributed by atoms with Crippen molar-refractivity contribution in [1.29, 1.82) is 0 Å². The van der Waals surface area contributed by atoms with Gasteiger partial charge in [0.1, 0.15) is 0 Å². The number of nitrogens with zero attached hydrogens (tertiary/aromatic N) is 1. The van der Waals surface area contributed by atoms with Crippen molar-refractivity contribution in [2.75, 3.05) is 6.54 Å². The van der Waals surface area contributed by atoms with Crippen molar-refractivity contribution in [2.24, 2.45) is 5.73 Å². The first-order valence-corrected chi connectivity index (χ1v) is 6.83. The molecule has 0 saturated carbocycles. The monoisotopic (exact) mass is 246 g/mol. The second-order valence-corrected chi connectivity index (χ2v) is 5.30. The highest BCUT2D eigenvalue weighted by Gasteiger charge is 2.10. The molecule has 1 heterocycles. The summed E-state index contributed by atoms with van der Waals surface area (Å²) in [6.07, 6.45) is 2.09. The Morgan fingerprint density at radius 2 is 2.06 bits per heavy atom. The number of aryl methyl sites for hydroxylation is 2. The largest absolute Gasteiger partial charge is 0.330 e. The number of nitrogens with two attached hydrogens (primary N) is 1. The summed E-state index contributed by atoms with van der Waals surface area (Å²) < 4.78 is 0. The first-order chi connectivity index (χ1) is 8.29. The number of thiazole rings is 1. The molecule has 0 amide bonds. The van der Waals surface area contributed by atoms with E-state index in [2.05, 4.69) is 34.6 Å². The minimum atomic E-state index is 0.443. The summed E-state index contributed by atoms with van der Waals surface area (Å²) in [5.41, 5.74) is 8.39. The number of rotatable bonds is 5. The molecule has 2 aromatic rings. The van der Waals surface area contributed by atoms with Crippen LogP contribution >= 0.6 is 11.3 Å². The van der Waals surface area contributed by atoms with Crippen molar-refractivity contribution in [2.45, 2.75) is 25.7 Å². The highest BCUT2D eigenvalue weighted by atomic mass is 32.1. The molecule has 0 spiro atoms. The minimum Gasteiger partial charge on any atom is -0.330 e. The third-order valence-corrected chi connectivity index (χ3v) is 3.79. The molecule has 1 atom stereocenters. The topological polar surface area (TPSA) is 38.9 Å². The number of hydrogen-bond donors (Lipinski definition) is 1. The van der Waals surface area contributed by atoms with Gasteiger partial charge in [-0.2, -0.15) is 0 Å². The summed E-state index contributed by atoms with van der Waals surface area (Å²) >= 11 is 1.72. The number of benzene rings is 1. The standard InChI is InChI=1S/C14H18N2S/c1-11-16-14(10-17-11)8-7-13(9-15)12-5-3-2-4-6-12/h2-6,10,13H,7-9,15H2,1H3. The lowest BCUT2D eigenvalue weighted by atomic mass is 9.94. The Morgan fingerprint density at radius 3 is 2.65 bits per heavy atom. The van der Waals surface area contributed by atoms with E-state index in [0.29, 0.717) is 12.5 Å². The third kappa shape index (κ3) is 3.38. The fourth-order valence-corrected chi connectivity index (χ4v) is 2.64. The molecule has 2 nitrogen and oxygen atoms in total. The van der Waals surface area contributed by atoms with Crippen LogP contribution in [0.2, 0.25) is 0 Å². The highest BCUT2D eigenvalue weighted by Crippen LogP contribution is 2.21. The molecule has 17 heavy (non-hydrogen) atoms. The van der Waals surface area contributed by atoms with Crippen molar-refractivity contribution >= 4 is 11.3 Å². The first-order valence-electron chi connectivity index (χ1n) is 5.95. The Morgan fingerprint density at radius 1 is 1.29 bits per heavy atom. The summed E-state index contributed by atoms with van der Waals surface area (Å²) in [6, 6.07) is 10.5. The molecule has 2 N–H and O–H groups in total. The van der Waals surface area contributed by atoms with Crippen LogP contribution in [0.3, 0.4) is 0 Å². The predicted octanol–water partition coefficient (Wildman–Crippen LogP) is 3.13. The predicted molar refractivity (Wildman–Crippen MR) is 73.4 cm³/mol. The molecule has 0 radical (unpaired) electrons. The van der Waals surface area contributed by atoms with Crippen LogP contribution in [0, 0.1) is 6.92 Å². The van der Waals surface area contributed by atoms with Crippen molar-refractivity contribution in [3.05, 3.63) is 52.0 Å². The molecule has 90 valence electrons. The van der Waals surface area contributed by atoms with Gasteiger partial charge < -0.3 is 5.73 Å². The van der Waals surface area contributed by atoms with Gasteiger partial charge in [0, 0.05) is 5.38 Å². The van der Waals surface area contributed by atoms with Gasteiger partial charge in [-0.15, -0.1) is 11.3 Å². The molecule has 0 fully saturated rings. The van der Waals surface area contributed by atoms with Crippen molar-refractivity contribution in [3.63, 3.8) is 0 Å². The van der Waals surface area contributed by atoms with Gasteiger partial charge in [0.25, 0.3) is 0 Å². The lowest BCUT2D eigenvalue weighted by Crippen LogP contribution is -2.13. The molecular formula is C14H18N2S. The van der Waals surface area contributed by atoms with E-state index in [9.17, 15) is 0 Å². The van der Waals surface area contributed by atoms with Gasteiger partial charge >= 0.3 is 0 Å². The Balaban J connectivity index is 1.97. The normalized spacial score (nSPS) is 12.6. The summed E-state index contributed by atoms with van der Waals surface area (Å²) in [5, 5.41) is 3.29. The van der Waals surface area contributed by atoms with Crippen LogP contribution in [0.5, 0.6) is 0 Å². The second-order valence-electron chi connectivity index (χ2n) is 4.24. The molecule has 1 aromatic heterocycles. The van der Waals surface area contributed by atoms with Gasteiger partial charge in [0.2, 0.25) is 0 Å². The van der Waals surface area contributed by atoms with E-state index < -0.39 is 0 Å². The molecule has 1 unspecified atom stereocenters. The van der Waals surface area contributed by atoms with Crippen molar-refractivity contribution in [3.8, 4) is 0 Å². The van der Waals surface area contributed by atoms with Crippen LogP contribution in [-0.2, 0) is 6.42 Å². The Labute approximate surface area is 107 Å². The summed E-state index contributed by atoms with van der Waals surface area (Å²) in [6.45, 7) is 2.75. The quantitative estimate of drug-likeness (QED) is 0.880. The maximum Gasteiger partial charge on any atom is 0.0897 e. The zero-order chi connectivity index (χ0) is 12.1. The van der Waals surface area contributed by atoms with Crippen LogP contribution in [0.15, 0.2) is 35.7 Å². The third-order valence-electron chi connectivity index (χ3n) is 2.97. The van der Waals surface area contributed by atoms with Gasteiger partial charge in [-0.1, -0.05) is 30.3 Å². The SMILES string of the molecule is Cc1nc(CCC(CN)c2ccccc2)cs1. The van der Waals surface area contributed by atoms with Crippen molar-refractivity contribution < 1.29 is 0 Å². The van der Waals surface area contributed by atoms with Crippen LogP contribution < -0.4 is 5.73 Å². The molecule has 0 aliphatic heterocycles. The zero-order valence-corrected chi connectivity index (χ0v) is 10.9. The second kappa shape index (κ2) is 5.94. The molecular weight excluding hydrogens is 228 g/mol. The highest BCUT2D eigenvalue weighted by molar-refractivity contribution is 7.09. The number of hydrogen-bond acceptors (Lipinski definition) is 3. The molecule has 3 heteroatoms. The van der Waals surface area contributed by atoms with Crippen LogP contribution in [0.25, 0.3) is 0 Å². The van der Waals surface area contributed by atoms with Crippen LogP contribution in [0.4, 0.5) is 0 Å². The Kier molecular flexibility index (Phi) is 4.29. The molecule has 0 saturated heterocycles.